The van der Waals surface area contributed by atoms with Gasteiger partial charge in [0.1, 0.15) is 5.82 Å². The Morgan fingerprint density at radius 1 is 0.971 bits per heavy atom. The van der Waals surface area contributed by atoms with Gasteiger partial charge in [0, 0.05) is 24.8 Å². The molecule has 1 aliphatic heterocycles. The Bertz CT molecular complexity index is 1270. The minimum Gasteiger partial charge on any atom is -0.393 e. The van der Waals surface area contributed by atoms with E-state index in [1.54, 1.807) is 17.5 Å². The van der Waals surface area contributed by atoms with E-state index in [9.17, 15) is 5.11 Å². The van der Waals surface area contributed by atoms with Gasteiger partial charge in [0.15, 0.2) is 0 Å². The van der Waals surface area contributed by atoms with E-state index in [1.165, 1.54) is 5.69 Å². The number of thiophene rings is 1. The van der Waals surface area contributed by atoms with E-state index >= 15 is 0 Å². The molecule has 0 unspecified atom stereocenters. The molecular weight excluding hydrogens is 462 g/mol. The van der Waals surface area contributed by atoms with Gasteiger partial charge in [-0.2, -0.15) is 10.1 Å². The summed E-state index contributed by atoms with van der Waals surface area (Å²) in [5.74, 6) is 1.39. The van der Waals surface area contributed by atoms with Crippen molar-refractivity contribution < 1.29 is 9.84 Å². The van der Waals surface area contributed by atoms with Crippen LogP contribution in [-0.4, -0.2) is 63.3 Å². The van der Waals surface area contributed by atoms with Gasteiger partial charge in [-0.15, -0.1) is 11.3 Å². The molecule has 1 aromatic carbocycles. The van der Waals surface area contributed by atoms with E-state index in [4.69, 9.17) is 14.7 Å². The highest BCUT2D eigenvalue weighted by molar-refractivity contribution is 7.17. The van der Waals surface area contributed by atoms with Crippen molar-refractivity contribution in [2.24, 2.45) is 0 Å². The highest BCUT2D eigenvalue weighted by Gasteiger charge is 2.21. The van der Waals surface area contributed by atoms with Gasteiger partial charge in [0.25, 0.3) is 0 Å². The van der Waals surface area contributed by atoms with E-state index in [-0.39, 0.29) is 6.10 Å². The standard InChI is InChI=1S/C25H29N7O2S/c33-21-7-1-17(2-8-21)27-24-23-22(9-14-35-23)29-25(30-24)28-18-15-26-32(16-18)20-5-3-19(4-6-20)31-10-12-34-13-11-31/h3-6,9,14-17,21,33H,1-2,7-8,10-13H2,(H2,27,28,29,30)/t17-,21-. The van der Waals surface area contributed by atoms with Crippen LogP contribution in [0, 0.1) is 0 Å². The Morgan fingerprint density at radius 3 is 2.54 bits per heavy atom. The monoisotopic (exact) mass is 491 g/mol. The largest absolute Gasteiger partial charge is 0.393 e. The third kappa shape index (κ3) is 4.95. The Morgan fingerprint density at radius 2 is 1.74 bits per heavy atom. The van der Waals surface area contributed by atoms with Crippen LogP contribution in [0.15, 0.2) is 48.1 Å². The first kappa shape index (κ1) is 22.3. The van der Waals surface area contributed by atoms with Gasteiger partial charge in [-0.1, -0.05) is 0 Å². The molecule has 4 heterocycles. The maximum Gasteiger partial charge on any atom is 0.229 e. The summed E-state index contributed by atoms with van der Waals surface area (Å²) in [6, 6.07) is 10.8. The van der Waals surface area contributed by atoms with Crippen LogP contribution < -0.4 is 15.5 Å². The molecule has 35 heavy (non-hydrogen) atoms. The van der Waals surface area contributed by atoms with E-state index < -0.39 is 0 Å². The number of hydrogen-bond donors (Lipinski definition) is 3. The zero-order valence-corrected chi connectivity index (χ0v) is 20.2. The van der Waals surface area contributed by atoms with Crippen LogP contribution >= 0.6 is 11.3 Å². The molecule has 9 nitrogen and oxygen atoms in total. The average molecular weight is 492 g/mol. The molecule has 0 bridgehead atoms. The molecule has 1 saturated carbocycles. The van der Waals surface area contributed by atoms with Crippen molar-refractivity contribution in [1.29, 1.82) is 0 Å². The molecule has 6 rings (SSSR count). The van der Waals surface area contributed by atoms with E-state index in [0.29, 0.717) is 12.0 Å². The summed E-state index contributed by atoms with van der Waals surface area (Å²) in [5, 5.41) is 23.3. The summed E-state index contributed by atoms with van der Waals surface area (Å²) in [6.45, 7) is 3.39. The second-order valence-electron chi connectivity index (χ2n) is 9.09. The molecule has 2 fully saturated rings. The molecule has 10 heteroatoms. The van der Waals surface area contributed by atoms with Crippen molar-refractivity contribution >= 4 is 44.7 Å². The number of aliphatic hydroxyl groups excluding tert-OH is 1. The number of aliphatic hydroxyl groups is 1. The summed E-state index contributed by atoms with van der Waals surface area (Å²) in [6.07, 6.45) is 7.09. The van der Waals surface area contributed by atoms with Crippen LogP contribution in [0.5, 0.6) is 0 Å². The molecule has 0 radical (unpaired) electrons. The predicted molar refractivity (Wildman–Crippen MR) is 139 cm³/mol. The van der Waals surface area contributed by atoms with Gasteiger partial charge in [0.2, 0.25) is 5.95 Å². The third-order valence-corrected chi connectivity index (χ3v) is 7.58. The van der Waals surface area contributed by atoms with Crippen LogP contribution in [0.1, 0.15) is 25.7 Å². The Balaban J connectivity index is 1.18. The molecule has 3 aromatic heterocycles. The first-order chi connectivity index (χ1) is 17.2. The van der Waals surface area contributed by atoms with Crippen LogP contribution in [0.3, 0.4) is 0 Å². The summed E-state index contributed by atoms with van der Waals surface area (Å²) in [5.41, 5.74) is 3.93. The lowest BCUT2D eigenvalue weighted by Gasteiger charge is -2.28. The summed E-state index contributed by atoms with van der Waals surface area (Å²) in [7, 11) is 0. The normalized spacial score (nSPS) is 20.8. The van der Waals surface area contributed by atoms with Crippen molar-refractivity contribution in [3.8, 4) is 5.69 Å². The summed E-state index contributed by atoms with van der Waals surface area (Å²) in [4.78, 5) is 11.8. The Hall–Kier alpha value is -3.21. The Kier molecular flexibility index (Phi) is 6.24. The smallest absolute Gasteiger partial charge is 0.229 e. The van der Waals surface area contributed by atoms with Gasteiger partial charge in [0.05, 0.1) is 53.3 Å². The maximum atomic E-state index is 9.82. The molecule has 0 amide bonds. The lowest BCUT2D eigenvalue weighted by atomic mass is 9.93. The van der Waals surface area contributed by atoms with Crippen LogP contribution in [0.4, 0.5) is 23.1 Å². The quantitative estimate of drug-likeness (QED) is 0.370. The number of rotatable bonds is 6. The van der Waals surface area contributed by atoms with E-state index in [1.807, 2.05) is 22.3 Å². The van der Waals surface area contributed by atoms with Gasteiger partial charge < -0.3 is 25.4 Å². The zero-order chi connectivity index (χ0) is 23.6. The number of morpholine rings is 1. The van der Waals surface area contributed by atoms with Crippen molar-refractivity contribution in [3.05, 3.63) is 48.1 Å². The van der Waals surface area contributed by atoms with Crippen molar-refractivity contribution in [1.82, 2.24) is 19.7 Å². The average Bonchev–Trinajstić information content (AvgIpc) is 3.56. The number of benzene rings is 1. The molecule has 3 N–H and O–H groups in total. The van der Waals surface area contributed by atoms with Gasteiger partial charge >= 0.3 is 0 Å². The lowest BCUT2D eigenvalue weighted by molar-refractivity contribution is 0.122. The van der Waals surface area contributed by atoms with Crippen molar-refractivity contribution in [3.63, 3.8) is 0 Å². The highest BCUT2D eigenvalue weighted by Crippen LogP contribution is 2.31. The topological polar surface area (TPSA) is 100 Å². The van der Waals surface area contributed by atoms with Gasteiger partial charge in [-0.05, 0) is 61.4 Å². The molecular formula is C25H29N7O2S. The zero-order valence-electron chi connectivity index (χ0n) is 19.4. The first-order valence-corrected chi connectivity index (χ1v) is 13.0. The highest BCUT2D eigenvalue weighted by atomic mass is 32.1. The fourth-order valence-electron chi connectivity index (χ4n) is 4.73. The van der Waals surface area contributed by atoms with Crippen LogP contribution in [-0.2, 0) is 4.74 Å². The predicted octanol–water partition coefficient (Wildman–Crippen LogP) is 4.17. The Labute approximate surface area is 207 Å². The minimum atomic E-state index is -0.176. The van der Waals surface area contributed by atoms with Gasteiger partial charge in [-0.25, -0.2) is 9.67 Å². The molecule has 2 aliphatic rings. The van der Waals surface area contributed by atoms with Crippen LogP contribution in [0.2, 0.25) is 0 Å². The summed E-state index contributed by atoms with van der Waals surface area (Å²) < 4.78 is 8.35. The van der Waals surface area contributed by atoms with Crippen molar-refractivity contribution in [2.45, 2.75) is 37.8 Å². The number of nitrogens with one attached hydrogen (secondary N) is 2. The number of fused-ring (bicyclic) bond motifs is 1. The molecule has 4 aromatic rings. The number of ether oxygens (including phenoxy) is 1. The molecule has 1 saturated heterocycles. The molecule has 1 aliphatic carbocycles. The van der Waals surface area contributed by atoms with Crippen molar-refractivity contribution in [2.75, 3.05) is 41.8 Å². The number of nitrogens with zero attached hydrogens (tertiary/aromatic N) is 5. The van der Waals surface area contributed by atoms with Gasteiger partial charge in [-0.3, -0.25) is 0 Å². The number of anilines is 4. The SMILES string of the molecule is O[C@H]1CC[C@H](Nc2nc(Nc3cnn(-c4ccc(N5CCOCC5)cc4)c3)nc3ccsc23)CC1. The van der Waals surface area contributed by atoms with E-state index in [0.717, 1.165) is 79.4 Å². The first-order valence-electron chi connectivity index (χ1n) is 12.2. The fraction of sp³-hybridized carbons (Fsp3) is 0.400. The lowest BCUT2D eigenvalue weighted by Crippen LogP contribution is -2.36. The third-order valence-electron chi connectivity index (χ3n) is 6.67. The van der Waals surface area contributed by atoms with Crippen LogP contribution in [0.25, 0.3) is 15.9 Å². The number of aromatic nitrogens is 4. The number of hydrogen-bond acceptors (Lipinski definition) is 9. The molecule has 0 spiro atoms. The minimum absolute atomic E-state index is 0.176. The fourth-order valence-corrected chi connectivity index (χ4v) is 5.51. The second kappa shape index (κ2) is 9.80. The van der Waals surface area contributed by atoms with E-state index in [2.05, 4.69) is 44.9 Å². The molecule has 0 atom stereocenters. The summed E-state index contributed by atoms with van der Waals surface area (Å²) >= 11 is 1.64. The maximum absolute atomic E-state index is 9.82. The molecule has 182 valence electrons. The second-order valence-corrected chi connectivity index (χ2v) is 10.0.